The molecule has 0 amide bonds. The smallest absolute Gasteiger partial charge is 0.293 e. The Bertz CT molecular complexity index is 817. The molecule has 0 aliphatic carbocycles. The molecule has 1 aliphatic rings. The van der Waals surface area contributed by atoms with Crippen molar-refractivity contribution in [2.45, 2.75) is 33.1 Å². The highest BCUT2D eigenvalue weighted by atomic mass is 32.1. The third kappa shape index (κ3) is 7.37. The van der Waals surface area contributed by atoms with E-state index in [0.717, 1.165) is 43.4 Å². The van der Waals surface area contributed by atoms with Crippen LogP contribution in [0.1, 0.15) is 30.6 Å². The van der Waals surface area contributed by atoms with Gasteiger partial charge in [-0.3, -0.25) is 14.7 Å². The zero-order valence-electron chi connectivity index (χ0n) is 18.9. The first-order chi connectivity index (χ1) is 15.6. The van der Waals surface area contributed by atoms with Crippen LogP contribution in [-0.2, 0) is 19.0 Å². The van der Waals surface area contributed by atoms with Crippen LogP contribution in [0, 0.1) is 6.92 Å². The Balaban J connectivity index is 1.56. The maximum Gasteiger partial charge on any atom is 0.293 e. The molecule has 32 heavy (non-hydrogen) atoms. The number of nitrogens with zero attached hydrogens (tertiary/aromatic N) is 5. The molecule has 0 aromatic carbocycles. The van der Waals surface area contributed by atoms with Gasteiger partial charge in [-0.15, -0.1) is 11.3 Å². The van der Waals surface area contributed by atoms with Crippen LogP contribution in [0.2, 0.25) is 0 Å². The molecule has 11 heteroatoms. The zero-order chi connectivity index (χ0) is 22.8. The average Bonchev–Trinajstić information content (AvgIpc) is 3.32. The Morgan fingerprint density at radius 2 is 2.06 bits per heavy atom. The second-order valence-corrected chi connectivity index (χ2v) is 8.33. The first-order valence-electron chi connectivity index (χ1n) is 10.9. The van der Waals surface area contributed by atoms with Crippen molar-refractivity contribution in [3.63, 3.8) is 0 Å². The van der Waals surface area contributed by atoms with Crippen molar-refractivity contribution in [1.29, 1.82) is 0 Å². The fourth-order valence-corrected chi connectivity index (χ4v) is 4.18. The highest BCUT2D eigenvalue weighted by molar-refractivity contribution is 7.09. The summed E-state index contributed by atoms with van der Waals surface area (Å²) < 4.78 is 16.1. The summed E-state index contributed by atoms with van der Waals surface area (Å²) >= 11 is 1.50. The van der Waals surface area contributed by atoms with Crippen LogP contribution in [0.15, 0.2) is 17.8 Å². The molecule has 2 unspecified atom stereocenters. The molecular formula is C21H32N6O4S. The maximum atomic E-state index is 10.7. The Labute approximate surface area is 192 Å². The number of rotatable bonds is 13. The molecule has 3 heterocycles. The summed E-state index contributed by atoms with van der Waals surface area (Å²) in [6.07, 6.45) is 1.60. The molecule has 0 radical (unpaired) electrons. The molecule has 2 atom stereocenters. The number of hydrogen-bond acceptors (Lipinski definition) is 11. The highest BCUT2D eigenvalue weighted by Crippen LogP contribution is 2.24. The molecule has 2 aromatic rings. The third-order valence-corrected chi connectivity index (χ3v) is 6.02. The normalized spacial score (nSPS) is 16.5. The van der Waals surface area contributed by atoms with Gasteiger partial charge in [-0.25, -0.2) is 9.97 Å². The lowest BCUT2D eigenvalue weighted by Crippen LogP contribution is -2.47. The number of ether oxygens (including phenoxy) is 3. The second kappa shape index (κ2) is 12.6. The van der Waals surface area contributed by atoms with Gasteiger partial charge in [0.2, 0.25) is 0 Å². The van der Waals surface area contributed by atoms with Gasteiger partial charge in [0.15, 0.2) is 6.29 Å². The number of aromatic nitrogens is 3. The molecule has 0 spiro atoms. The molecule has 1 aliphatic heterocycles. The van der Waals surface area contributed by atoms with E-state index < -0.39 is 0 Å². The molecule has 10 nitrogen and oxygen atoms in total. The van der Waals surface area contributed by atoms with Crippen LogP contribution in [0.4, 0.5) is 11.6 Å². The largest absolute Gasteiger partial charge is 0.465 e. The Morgan fingerprint density at radius 1 is 1.25 bits per heavy atom. The van der Waals surface area contributed by atoms with Crippen LogP contribution in [0.5, 0.6) is 0 Å². The van der Waals surface area contributed by atoms with Crippen molar-refractivity contribution < 1.29 is 19.0 Å². The van der Waals surface area contributed by atoms with E-state index in [4.69, 9.17) is 14.2 Å². The van der Waals surface area contributed by atoms with Gasteiger partial charge in [0.05, 0.1) is 23.0 Å². The van der Waals surface area contributed by atoms with Gasteiger partial charge in [-0.2, -0.15) is 0 Å². The topological polar surface area (TPSA) is 102 Å². The second-order valence-electron chi connectivity index (χ2n) is 7.41. The van der Waals surface area contributed by atoms with E-state index >= 15 is 0 Å². The molecular weight excluding hydrogens is 432 g/mol. The first-order valence-corrected chi connectivity index (χ1v) is 11.7. The van der Waals surface area contributed by atoms with Gasteiger partial charge in [-0.05, 0) is 20.8 Å². The summed E-state index contributed by atoms with van der Waals surface area (Å²) in [6.45, 7) is 12.3. The molecule has 0 saturated carbocycles. The molecule has 1 fully saturated rings. The lowest BCUT2D eigenvalue weighted by Gasteiger charge is -2.35. The predicted molar refractivity (Wildman–Crippen MR) is 123 cm³/mol. The van der Waals surface area contributed by atoms with Gasteiger partial charge in [0.1, 0.15) is 24.1 Å². The van der Waals surface area contributed by atoms with Crippen LogP contribution in [0.3, 0.4) is 0 Å². The van der Waals surface area contributed by atoms with Crippen LogP contribution < -0.4 is 10.2 Å². The number of aryl methyl sites for hydroxylation is 1. The number of piperazine rings is 1. The lowest BCUT2D eigenvalue weighted by molar-refractivity contribution is -0.130. The van der Waals surface area contributed by atoms with E-state index in [2.05, 4.69) is 30.1 Å². The van der Waals surface area contributed by atoms with E-state index in [-0.39, 0.29) is 18.9 Å². The monoisotopic (exact) mass is 464 g/mol. The molecule has 1 saturated heterocycles. The van der Waals surface area contributed by atoms with E-state index in [1.54, 1.807) is 11.7 Å². The highest BCUT2D eigenvalue weighted by Gasteiger charge is 2.20. The zero-order valence-corrected chi connectivity index (χ0v) is 19.7. The van der Waals surface area contributed by atoms with Gasteiger partial charge >= 0.3 is 0 Å². The van der Waals surface area contributed by atoms with Gasteiger partial charge in [0.25, 0.3) is 6.47 Å². The number of hydrogen-bond donors (Lipinski definition) is 1. The van der Waals surface area contributed by atoms with Crippen molar-refractivity contribution in [2.24, 2.45) is 0 Å². The summed E-state index contributed by atoms with van der Waals surface area (Å²) in [5.74, 6) is 2.27. The van der Waals surface area contributed by atoms with Crippen molar-refractivity contribution in [2.75, 3.05) is 62.8 Å². The van der Waals surface area contributed by atoms with Crippen molar-refractivity contribution >= 4 is 29.4 Å². The van der Waals surface area contributed by atoms with Crippen LogP contribution in [-0.4, -0.2) is 85.2 Å². The van der Waals surface area contributed by atoms with Crippen LogP contribution >= 0.6 is 11.3 Å². The minimum Gasteiger partial charge on any atom is -0.465 e. The number of carbonyl (C=O) groups excluding carboxylic acids is 1. The number of thiazole rings is 1. The Kier molecular flexibility index (Phi) is 9.60. The lowest BCUT2D eigenvalue weighted by atomic mass is 10.2. The third-order valence-electron chi connectivity index (χ3n) is 5.13. The Morgan fingerprint density at radius 3 is 2.75 bits per heavy atom. The number of nitrogens with one attached hydrogen (secondary N) is 1. The number of anilines is 2. The summed E-state index contributed by atoms with van der Waals surface area (Å²) in [4.78, 5) is 29.6. The van der Waals surface area contributed by atoms with Gasteiger partial charge in [0, 0.05) is 51.6 Å². The SMILES string of the molecule is CCOC(C)OCCN1CCN(c2cc(NC(COC=O)c3cncs3)nc(C)n2)CC1. The fourth-order valence-electron chi connectivity index (χ4n) is 3.53. The summed E-state index contributed by atoms with van der Waals surface area (Å²) in [5.41, 5.74) is 1.75. The Hall–Kier alpha value is -2.34. The van der Waals surface area contributed by atoms with Gasteiger partial charge in [-0.1, -0.05) is 0 Å². The molecule has 0 bridgehead atoms. The van der Waals surface area contributed by atoms with Crippen molar-refractivity contribution in [3.05, 3.63) is 28.5 Å². The molecule has 176 valence electrons. The van der Waals surface area contributed by atoms with Gasteiger partial charge < -0.3 is 24.4 Å². The minimum absolute atomic E-state index is 0.165. The van der Waals surface area contributed by atoms with Crippen molar-refractivity contribution in [1.82, 2.24) is 19.9 Å². The van der Waals surface area contributed by atoms with E-state index in [0.29, 0.717) is 31.3 Å². The number of carbonyl (C=O) groups is 1. The average molecular weight is 465 g/mol. The summed E-state index contributed by atoms with van der Waals surface area (Å²) in [6, 6.07) is 1.73. The predicted octanol–water partition coefficient (Wildman–Crippen LogP) is 2.09. The first kappa shape index (κ1) is 24.3. The fraction of sp³-hybridized carbons (Fsp3) is 0.619. The van der Waals surface area contributed by atoms with E-state index in [1.165, 1.54) is 11.3 Å². The molecule has 1 N–H and O–H groups in total. The molecule has 2 aromatic heterocycles. The maximum absolute atomic E-state index is 10.7. The van der Waals surface area contributed by atoms with E-state index in [9.17, 15) is 4.79 Å². The minimum atomic E-state index is -0.217. The van der Waals surface area contributed by atoms with E-state index in [1.807, 2.05) is 26.8 Å². The summed E-state index contributed by atoms with van der Waals surface area (Å²) in [5, 5.41) is 3.36. The molecule has 3 rings (SSSR count). The summed E-state index contributed by atoms with van der Waals surface area (Å²) in [7, 11) is 0. The quantitative estimate of drug-likeness (QED) is 0.350. The van der Waals surface area contributed by atoms with Crippen LogP contribution in [0.25, 0.3) is 0 Å². The standard InChI is InChI=1S/C21H32N6O4S/c1-4-30-17(3)31-10-9-26-5-7-27(8-6-26)21-11-20(23-16(2)24-21)25-18(13-29-15-28)19-12-22-14-32-19/h11-12,14-15,17-18H,4-10,13H2,1-3H3,(H,23,24,25). The van der Waals surface area contributed by atoms with Crippen molar-refractivity contribution in [3.8, 4) is 0 Å².